The monoisotopic (exact) mass is 396 g/mol. The van der Waals surface area contributed by atoms with Crippen molar-refractivity contribution in [3.05, 3.63) is 53.9 Å². The smallest absolute Gasteiger partial charge is 0.194 e. The summed E-state index contributed by atoms with van der Waals surface area (Å²) in [7, 11) is 0. The van der Waals surface area contributed by atoms with Gasteiger partial charge < -0.3 is 15.0 Å². The number of likely N-dealkylation sites (tertiary alicyclic amines) is 1. The first-order chi connectivity index (χ1) is 14.3. The van der Waals surface area contributed by atoms with Gasteiger partial charge >= 0.3 is 0 Å². The predicted octanol–water partition coefficient (Wildman–Crippen LogP) is 1.80. The Kier molecular flexibility index (Phi) is 6.79. The molecule has 0 saturated carbocycles. The van der Waals surface area contributed by atoms with E-state index in [1.807, 2.05) is 23.1 Å². The van der Waals surface area contributed by atoms with Gasteiger partial charge in [0.2, 0.25) is 0 Å². The maximum Gasteiger partial charge on any atom is 0.194 e. The van der Waals surface area contributed by atoms with Crippen molar-refractivity contribution in [3.63, 3.8) is 0 Å². The average Bonchev–Trinajstić information content (AvgIpc) is 3.45. The maximum absolute atomic E-state index is 5.51. The van der Waals surface area contributed by atoms with E-state index in [4.69, 9.17) is 9.73 Å². The number of aliphatic imine (C=N–C) groups is 1. The minimum atomic E-state index is 0.606. The van der Waals surface area contributed by atoms with Crippen molar-refractivity contribution in [1.29, 1.82) is 0 Å². The molecule has 2 fully saturated rings. The van der Waals surface area contributed by atoms with Gasteiger partial charge in [-0.2, -0.15) is 5.10 Å². The summed E-state index contributed by atoms with van der Waals surface area (Å²) in [6.07, 6.45) is 5.02. The molecular formula is C22H32N6O. The summed E-state index contributed by atoms with van der Waals surface area (Å²) in [5.74, 6) is 1.03. The zero-order valence-corrected chi connectivity index (χ0v) is 17.3. The topological polar surface area (TPSA) is 57.9 Å². The zero-order chi connectivity index (χ0) is 19.9. The molecule has 3 heterocycles. The van der Waals surface area contributed by atoms with Crippen LogP contribution in [0.15, 0.2) is 47.7 Å². The standard InChI is InChI=1S/C22H32N6O/c1-2-23-22(27-11-8-21(18-27)26-12-14-29-15-13-26)24-16-19-6-3-4-7-20(19)17-28-10-5-9-25-28/h3-7,9-10,21H,2,8,11-18H2,1H3,(H,23,24). The molecule has 0 spiro atoms. The lowest BCUT2D eigenvalue weighted by atomic mass is 10.1. The third-order valence-electron chi connectivity index (χ3n) is 5.77. The lowest BCUT2D eigenvalue weighted by Gasteiger charge is -2.32. The average molecular weight is 397 g/mol. The molecule has 2 saturated heterocycles. The molecule has 1 atom stereocenters. The molecule has 1 aromatic carbocycles. The van der Waals surface area contributed by atoms with Gasteiger partial charge in [0.05, 0.1) is 26.3 Å². The summed E-state index contributed by atoms with van der Waals surface area (Å²) in [6, 6.07) is 11.1. The Morgan fingerprint density at radius 3 is 2.76 bits per heavy atom. The molecule has 156 valence electrons. The molecule has 2 aliphatic rings. The van der Waals surface area contributed by atoms with Crippen LogP contribution < -0.4 is 5.32 Å². The van der Waals surface area contributed by atoms with E-state index in [1.54, 1.807) is 0 Å². The first-order valence-electron chi connectivity index (χ1n) is 10.7. The van der Waals surface area contributed by atoms with Gasteiger partial charge in [0, 0.05) is 51.2 Å². The van der Waals surface area contributed by atoms with E-state index in [0.29, 0.717) is 12.6 Å². The van der Waals surface area contributed by atoms with Crippen LogP contribution >= 0.6 is 0 Å². The van der Waals surface area contributed by atoms with Crippen LogP contribution in [-0.2, 0) is 17.8 Å². The second-order valence-corrected chi connectivity index (χ2v) is 7.68. The van der Waals surface area contributed by atoms with Gasteiger partial charge in [-0.05, 0) is 30.5 Å². The van der Waals surface area contributed by atoms with Gasteiger partial charge in [0.25, 0.3) is 0 Å². The van der Waals surface area contributed by atoms with Crippen molar-refractivity contribution in [3.8, 4) is 0 Å². The maximum atomic E-state index is 5.51. The van der Waals surface area contributed by atoms with E-state index < -0.39 is 0 Å². The first-order valence-corrected chi connectivity index (χ1v) is 10.7. The van der Waals surface area contributed by atoms with Crippen molar-refractivity contribution in [2.24, 2.45) is 4.99 Å². The van der Waals surface area contributed by atoms with Crippen molar-refractivity contribution >= 4 is 5.96 Å². The summed E-state index contributed by atoms with van der Waals surface area (Å²) in [6.45, 7) is 10.4. The van der Waals surface area contributed by atoms with E-state index in [9.17, 15) is 0 Å². The molecule has 7 heteroatoms. The summed E-state index contributed by atoms with van der Waals surface area (Å²) in [4.78, 5) is 9.99. The predicted molar refractivity (Wildman–Crippen MR) is 115 cm³/mol. The van der Waals surface area contributed by atoms with E-state index in [1.165, 1.54) is 17.5 Å². The molecule has 0 radical (unpaired) electrons. The number of nitrogens with zero attached hydrogens (tertiary/aromatic N) is 5. The molecule has 1 aromatic heterocycles. The minimum Gasteiger partial charge on any atom is -0.379 e. The third-order valence-corrected chi connectivity index (χ3v) is 5.77. The van der Waals surface area contributed by atoms with Crippen LogP contribution in [-0.4, -0.2) is 77.5 Å². The molecule has 29 heavy (non-hydrogen) atoms. The fraction of sp³-hybridized carbons (Fsp3) is 0.545. The molecular weight excluding hydrogens is 364 g/mol. The summed E-state index contributed by atoms with van der Waals surface area (Å²) < 4.78 is 7.47. The van der Waals surface area contributed by atoms with Gasteiger partial charge in [0.15, 0.2) is 5.96 Å². The van der Waals surface area contributed by atoms with Gasteiger partial charge in [-0.15, -0.1) is 0 Å². The van der Waals surface area contributed by atoms with E-state index >= 15 is 0 Å². The highest BCUT2D eigenvalue weighted by Gasteiger charge is 2.30. The number of hydrogen-bond acceptors (Lipinski definition) is 4. The van der Waals surface area contributed by atoms with E-state index in [0.717, 1.165) is 58.4 Å². The minimum absolute atomic E-state index is 0.606. The number of rotatable bonds is 6. The lowest BCUT2D eigenvalue weighted by molar-refractivity contribution is 0.0195. The first kappa shape index (κ1) is 19.9. The van der Waals surface area contributed by atoms with Crippen LogP contribution in [0.5, 0.6) is 0 Å². The number of nitrogens with one attached hydrogen (secondary N) is 1. The van der Waals surface area contributed by atoms with E-state index in [2.05, 4.69) is 51.4 Å². The van der Waals surface area contributed by atoms with Crippen LogP contribution in [0.3, 0.4) is 0 Å². The Labute approximate surface area is 173 Å². The number of ether oxygens (including phenoxy) is 1. The number of guanidine groups is 1. The molecule has 1 N–H and O–H groups in total. The molecule has 0 aliphatic carbocycles. The Balaban J connectivity index is 1.43. The molecule has 2 aromatic rings. The molecule has 2 aliphatic heterocycles. The SMILES string of the molecule is CCNC(=NCc1ccccc1Cn1cccn1)N1CCC(N2CCOCC2)C1. The number of hydrogen-bond donors (Lipinski definition) is 1. The van der Waals surface area contributed by atoms with Crippen LogP contribution in [0.1, 0.15) is 24.5 Å². The number of morpholine rings is 1. The number of aromatic nitrogens is 2. The van der Waals surface area contributed by atoms with Crippen molar-refractivity contribution in [1.82, 2.24) is 24.9 Å². The Morgan fingerprint density at radius 1 is 1.17 bits per heavy atom. The van der Waals surface area contributed by atoms with Crippen LogP contribution in [0.2, 0.25) is 0 Å². The Morgan fingerprint density at radius 2 is 2.00 bits per heavy atom. The third kappa shape index (κ3) is 5.16. The van der Waals surface area contributed by atoms with Crippen molar-refractivity contribution < 1.29 is 4.74 Å². The fourth-order valence-corrected chi connectivity index (χ4v) is 4.20. The highest BCUT2D eigenvalue weighted by atomic mass is 16.5. The molecule has 0 bridgehead atoms. The molecule has 7 nitrogen and oxygen atoms in total. The van der Waals surface area contributed by atoms with Crippen LogP contribution in [0, 0.1) is 0 Å². The summed E-state index contributed by atoms with van der Waals surface area (Å²) >= 11 is 0. The van der Waals surface area contributed by atoms with Crippen molar-refractivity contribution in [2.45, 2.75) is 32.5 Å². The summed E-state index contributed by atoms with van der Waals surface area (Å²) in [5, 5.41) is 7.84. The van der Waals surface area contributed by atoms with Gasteiger partial charge in [-0.3, -0.25) is 9.58 Å². The van der Waals surface area contributed by atoms with Crippen molar-refractivity contribution in [2.75, 3.05) is 45.9 Å². The molecule has 1 unspecified atom stereocenters. The Bertz CT molecular complexity index is 784. The Hall–Kier alpha value is -2.38. The highest BCUT2D eigenvalue weighted by Crippen LogP contribution is 2.18. The highest BCUT2D eigenvalue weighted by molar-refractivity contribution is 5.80. The van der Waals surface area contributed by atoms with Crippen LogP contribution in [0.25, 0.3) is 0 Å². The van der Waals surface area contributed by atoms with Gasteiger partial charge in [-0.25, -0.2) is 4.99 Å². The summed E-state index contributed by atoms with van der Waals surface area (Å²) in [5.41, 5.74) is 2.52. The normalized spacial score (nSPS) is 20.9. The van der Waals surface area contributed by atoms with Crippen LogP contribution in [0.4, 0.5) is 0 Å². The van der Waals surface area contributed by atoms with Gasteiger partial charge in [-0.1, -0.05) is 24.3 Å². The second-order valence-electron chi connectivity index (χ2n) is 7.68. The fourth-order valence-electron chi connectivity index (χ4n) is 4.20. The zero-order valence-electron chi connectivity index (χ0n) is 17.3. The molecule has 4 rings (SSSR count). The second kappa shape index (κ2) is 9.89. The largest absolute Gasteiger partial charge is 0.379 e. The molecule has 0 amide bonds. The number of benzene rings is 1. The lowest BCUT2D eigenvalue weighted by Crippen LogP contribution is -2.46. The van der Waals surface area contributed by atoms with Gasteiger partial charge in [0.1, 0.15) is 0 Å². The quantitative estimate of drug-likeness (QED) is 0.596. The van der Waals surface area contributed by atoms with E-state index in [-0.39, 0.29) is 0 Å².